The summed E-state index contributed by atoms with van der Waals surface area (Å²) >= 11 is 3.35. The number of hydrogen-bond donors (Lipinski definition) is 2. The van der Waals surface area contributed by atoms with Gasteiger partial charge in [0.25, 0.3) is 0 Å². The lowest BCUT2D eigenvalue weighted by atomic mass is 10.2. The third-order valence-corrected chi connectivity index (χ3v) is 3.87. The second-order valence-electron chi connectivity index (χ2n) is 4.98. The Morgan fingerprint density at radius 1 is 1.17 bits per heavy atom. The van der Waals surface area contributed by atoms with Crippen molar-refractivity contribution in [2.75, 3.05) is 17.2 Å². The van der Waals surface area contributed by atoms with E-state index >= 15 is 0 Å². The zero-order valence-corrected chi connectivity index (χ0v) is 14.5. The predicted molar refractivity (Wildman–Crippen MR) is 96.8 cm³/mol. The fourth-order valence-corrected chi connectivity index (χ4v) is 2.59. The molecule has 0 saturated heterocycles. The van der Waals surface area contributed by atoms with Gasteiger partial charge < -0.3 is 10.6 Å². The maximum atomic E-state index is 13.2. The Bertz CT molecular complexity index is 842. The van der Waals surface area contributed by atoms with Gasteiger partial charge in [0.15, 0.2) is 0 Å². The molecule has 24 heavy (non-hydrogen) atoms. The molecular formula is C17H15BrFN5. The summed E-state index contributed by atoms with van der Waals surface area (Å²) in [5.41, 5.74) is 2.35. The molecule has 5 nitrogen and oxygen atoms in total. The van der Waals surface area contributed by atoms with Crippen molar-refractivity contribution in [3.05, 3.63) is 59.1 Å². The summed E-state index contributed by atoms with van der Waals surface area (Å²) in [7, 11) is 0. The van der Waals surface area contributed by atoms with E-state index in [9.17, 15) is 4.39 Å². The largest absolute Gasteiger partial charge is 0.354 e. The summed E-state index contributed by atoms with van der Waals surface area (Å²) in [6.07, 6.45) is 3.46. The van der Waals surface area contributed by atoms with Gasteiger partial charge in [0, 0.05) is 35.0 Å². The van der Waals surface area contributed by atoms with E-state index in [2.05, 4.69) is 41.5 Å². The normalized spacial score (nSPS) is 10.5. The zero-order chi connectivity index (χ0) is 16.9. The van der Waals surface area contributed by atoms with Crippen LogP contribution in [0.2, 0.25) is 0 Å². The summed E-state index contributed by atoms with van der Waals surface area (Å²) in [5.74, 6) is 0.811. The van der Waals surface area contributed by atoms with Crippen LogP contribution in [0.25, 0.3) is 11.3 Å². The molecule has 1 aromatic carbocycles. The number of benzene rings is 1. The van der Waals surface area contributed by atoms with Crippen LogP contribution in [0, 0.1) is 5.82 Å². The first-order valence-corrected chi connectivity index (χ1v) is 8.20. The van der Waals surface area contributed by atoms with Crippen LogP contribution in [0.3, 0.4) is 0 Å². The first-order chi connectivity index (χ1) is 11.7. The summed E-state index contributed by atoms with van der Waals surface area (Å²) in [5, 5.41) is 6.30. The number of nitrogens with one attached hydrogen (secondary N) is 2. The minimum atomic E-state index is -0.306. The average molecular weight is 388 g/mol. The van der Waals surface area contributed by atoms with Crippen LogP contribution in [-0.4, -0.2) is 21.5 Å². The highest BCUT2D eigenvalue weighted by Gasteiger charge is 2.09. The highest BCUT2D eigenvalue weighted by molar-refractivity contribution is 9.10. The third-order valence-electron chi connectivity index (χ3n) is 3.21. The van der Waals surface area contributed by atoms with E-state index in [4.69, 9.17) is 0 Å². The molecule has 0 aliphatic heterocycles. The topological polar surface area (TPSA) is 62.7 Å². The summed E-state index contributed by atoms with van der Waals surface area (Å²) < 4.78 is 13.9. The van der Waals surface area contributed by atoms with Gasteiger partial charge in [-0.1, -0.05) is 0 Å². The number of aromatic nitrogens is 3. The number of rotatable bonds is 5. The fourth-order valence-electron chi connectivity index (χ4n) is 2.14. The maximum Gasteiger partial charge on any atom is 0.225 e. The number of hydrogen-bond acceptors (Lipinski definition) is 5. The molecule has 122 valence electrons. The van der Waals surface area contributed by atoms with Gasteiger partial charge in [0.2, 0.25) is 5.95 Å². The van der Waals surface area contributed by atoms with Crippen LogP contribution in [0.15, 0.2) is 53.3 Å². The van der Waals surface area contributed by atoms with E-state index in [1.54, 1.807) is 18.5 Å². The molecular weight excluding hydrogens is 373 g/mol. The van der Waals surface area contributed by atoms with Crippen LogP contribution in [0.4, 0.5) is 21.8 Å². The lowest BCUT2D eigenvalue weighted by Crippen LogP contribution is -2.05. The van der Waals surface area contributed by atoms with Crippen molar-refractivity contribution in [1.82, 2.24) is 15.0 Å². The Hall–Kier alpha value is -2.54. The van der Waals surface area contributed by atoms with E-state index in [-0.39, 0.29) is 5.82 Å². The smallest absolute Gasteiger partial charge is 0.225 e. The van der Waals surface area contributed by atoms with Crippen molar-refractivity contribution in [2.24, 2.45) is 0 Å². The highest BCUT2D eigenvalue weighted by Crippen LogP contribution is 2.28. The first-order valence-electron chi connectivity index (χ1n) is 7.41. The monoisotopic (exact) mass is 387 g/mol. The summed E-state index contributed by atoms with van der Waals surface area (Å²) in [6.45, 7) is 2.68. The molecule has 3 rings (SSSR count). The van der Waals surface area contributed by atoms with E-state index in [1.165, 1.54) is 12.1 Å². The molecule has 0 saturated carbocycles. The predicted octanol–water partition coefficient (Wildman–Crippen LogP) is 4.62. The standard InChI is InChI=1S/C17H15BrFN5/c1-2-21-17-23-15(11-4-3-7-20-10-11)9-16(24-17)22-14-6-5-12(19)8-13(14)18/h3-10H,2H2,1H3,(H2,21,22,23,24). The molecule has 0 fully saturated rings. The number of pyridine rings is 1. The van der Waals surface area contributed by atoms with Gasteiger partial charge in [-0.05, 0) is 53.2 Å². The summed E-state index contributed by atoms with van der Waals surface area (Å²) in [4.78, 5) is 13.1. The zero-order valence-electron chi connectivity index (χ0n) is 12.9. The van der Waals surface area contributed by atoms with Crippen molar-refractivity contribution < 1.29 is 4.39 Å². The van der Waals surface area contributed by atoms with Gasteiger partial charge in [-0.25, -0.2) is 9.37 Å². The van der Waals surface area contributed by atoms with Gasteiger partial charge in [-0.2, -0.15) is 4.98 Å². The molecule has 0 radical (unpaired) electrons. The molecule has 0 bridgehead atoms. The first kappa shape index (κ1) is 16.3. The van der Waals surface area contributed by atoms with Gasteiger partial charge in [0.1, 0.15) is 11.6 Å². The average Bonchev–Trinajstić information content (AvgIpc) is 2.58. The SMILES string of the molecule is CCNc1nc(Nc2ccc(F)cc2Br)cc(-c2cccnc2)n1. The highest BCUT2D eigenvalue weighted by atomic mass is 79.9. The minimum absolute atomic E-state index is 0.306. The van der Waals surface area contributed by atoms with E-state index < -0.39 is 0 Å². The van der Waals surface area contributed by atoms with Crippen LogP contribution in [-0.2, 0) is 0 Å². The molecule has 3 aromatic rings. The molecule has 0 amide bonds. The van der Waals surface area contributed by atoms with Crippen LogP contribution in [0.5, 0.6) is 0 Å². The van der Waals surface area contributed by atoms with E-state index in [1.807, 2.05) is 25.1 Å². The molecule has 2 heterocycles. The van der Waals surface area contributed by atoms with Gasteiger partial charge in [-0.15, -0.1) is 0 Å². The van der Waals surface area contributed by atoms with Gasteiger partial charge >= 0.3 is 0 Å². The lowest BCUT2D eigenvalue weighted by molar-refractivity contribution is 0.627. The molecule has 7 heteroatoms. The van der Waals surface area contributed by atoms with Crippen LogP contribution in [0.1, 0.15) is 6.92 Å². The Labute approximate surface area is 147 Å². The van der Waals surface area contributed by atoms with E-state index in [0.29, 0.717) is 22.8 Å². The second-order valence-corrected chi connectivity index (χ2v) is 5.84. The molecule has 0 spiro atoms. The second kappa shape index (κ2) is 7.35. The minimum Gasteiger partial charge on any atom is -0.354 e. The molecule has 0 unspecified atom stereocenters. The van der Waals surface area contributed by atoms with Crippen molar-refractivity contribution in [3.63, 3.8) is 0 Å². The Balaban J connectivity index is 1.99. The Morgan fingerprint density at radius 2 is 2.04 bits per heavy atom. The van der Waals surface area contributed by atoms with Gasteiger partial charge in [0.05, 0.1) is 11.4 Å². The van der Waals surface area contributed by atoms with Crippen molar-refractivity contribution >= 4 is 33.4 Å². The molecule has 0 aliphatic rings. The summed E-state index contributed by atoms with van der Waals surface area (Å²) in [6, 6.07) is 10.1. The molecule has 0 aliphatic carbocycles. The molecule has 2 N–H and O–H groups in total. The van der Waals surface area contributed by atoms with Crippen molar-refractivity contribution in [3.8, 4) is 11.3 Å². The van der Waals surface area contributed by atoms with E-state index in [0.717, 1.165) is 16.9 Å². The van der Waals surface area contributed by atoms with Crippen LogP contribution < -0.4 is 10.6 Å². The third kappa shape index (κ3) is 3.86. The van der Waals surface area contributed by atoms with Crippen molar-refractivity contribution in [1.29, 1.82) is 0 Å². The Kier molecular flexibility index (Phi) is 5.00. The molecule has 2 aromatic heterocycles. The van der Waals surface area contributed by atoms with Crippen molar-refractivity contribution in [2.45, 2.75) is 6.92 Å². The van der Waals surface area contributed by atoms with Gasteiger partial charge in [-0.3, -0.25) is 4.98 Å². The maximum absolute atomic E-state index is 13.2. The number of halogens is 2. The number of nitrogens with zero attached hydrogens (tertiary/aromatic N) is 3. The van der Waals surface area contributed by atoms with Crippen LogP contribution >= 0.6 is 15.9 Å². The lowest BCUT2D eigenvalue weighted by Gasteiger charge is -2.11. The molecule has 0 atom stereocenters. The quantitative estimate of drug-likeness (QED) is 0.668. The number of anilines is 3. The Morgan fingerprint density at radius 3 is 2.75 bits per heavy atom. The fraction of sp³-hybridized carbons (Fsp3) is 0.118.